The third kappa shape index (κ3) is 3.62. The zero-order valence-corrected chi connectivity index (χ0v) is 14.1. The molecule has 0 atom stereocenters. The van der Waals surface area contributed by atoms with E-state index in [2.05, 4.69) is 57.3 Å². The summed E-state index contributed by atoms with van der Waals surface area (Å²) in [7, 11) is -0.263. The second-order valence-corrected chi connectivity index (χ2v) is 6.99. The highest BCUT2D eigenvalue weighted by molar-refractivity contribution is 6.62. The Morgan fingerprint density at radius 3 is 2.33 bits per heavy atom. The Bertz CT molecular complexity index is 487. The van der Waals surface area contributed by atoms with Crippen molar-refractivity contribution in [2.75, 3.05) is 0 Å². The molecular weight excluding hydrogens is 284 g/mol. The summed E-state index contributed by atoms with van der Waals surface area (Å²) in [5.41, 5.74) is 1.85. The highest BCUT2D eigenvalue weighted by atomic mass is 35.5. The molecule has 1 aromatic rings. The van der Waals surface area contributed by atoms with E-state index in [-0.39, 0.29) is 30.7 Å². The van der Waals surface area contributed by atoms with Gasteiger partial charge in [0, 0.05) is 12.6 Å². The molecule has 0 unspecified atom stereocenters. The van der Waals surface area contributed by atoms with Gasteiger partial charge in [0.15, 0.2) is 0 Å². The van der Waals surface area contributed by atoms with Crippen LogP contribution in [0.1, 0.15) is 46.1 Å². The van der Waals surface area contributed by atoms with Crippen LogP contribution in [-0.4, -0.2) is 24.4 Å². The summed E-state index contributed by atoms with van der Waals surface area (Å²) in [6, 6.07) is 9.25. The van der Waals surface area contributed by atoms with Gasteiger partial charge in [0.2, 0.25) is 0 Å². The van der Waals surface area contributed by atoms with E-state index >= 15 is 0 Å². The molecule has 1 heterocycles. The molecule has 3 rings (SSSR count). The van der Waals surface area contributed by atoms with E-state index in [4.69, 9.17) is 9.31 Å². The molecule has 0 radical (unpaired) electrons. The Balaban J connectivity index is 0.00000161. The van der Waals surface area contributed by atoms with Crippen molar-refractivity contribution in [1.29, 1.82) is 0 Å². The van der Waals surface area contributed by atoms with E-state index in [0.29, 0.717) is 0 Å². The summed E-state index contributed by atoms with van der Waals surface area (Å²) >= 11 is 0. The van der Waals surface area contributed by atoms with Crippen molar-refractivity contribution in [2.24, 2.45) is 0 Å². The molecule has 0 aromatic heterocycles. The molecule has 2 aliphatic rings. The molecule has 116 valence electrons. The summed E-state index contributed by atoms with van der Waals surface area (Å²) in [5, 5.41) is 3.54. The van der Waals surface area contributed by atoms with Crippen molar-refractivity contribution in [3.63, 3.8) is 0 Å². The van der Waals surface area contributed by atoms with Crippen LogP contribution in [0.3, 0.4) is 0 Å². The maximum absolute atomic E-state index is 6.10. The fraction of sp³-hybridized carbons (Fsp3) is 0.625. The van der Waals surface area contributed by atoms with Crippen LogP contribution in [0.15, 0.2) is 24.3 Å². The lowest BCUT2D eigenvalue weighted by atomic mass is 9.78. The Labute approximate surface area is 134 Å². The molecule has 5 heteroatoms. The Hall–Kier alpha value is -0.545. The average Bonchev–Trinajstić information content (AvgIpc) is 3.15. The molecule has 0 amide bonds. The van der Waals surface area contributed by atoms with E-state index in [9.17, 15) is 0 Å². The average molecular weight is 310 g/mol. The van der Waals surface area contributed by atoms with Gasteiger partial charge in [0.1, 0.15) is 0 Å². The molecule has 1 saturated heterocycles. The van der Waals surface area contributed by atoms with Crippen molar-refractivity contribution < 1.29 is 9.31 Å². The van der Waals surface area contributed by atoms with Gasteiger partial charge in [-0.3, -0.25) is 0 Å². The highest BCUT2D eigenvalue weighted by Crippen LogP contribution is 2.36. The predicted molar refractivity (Wildman–Crippen MR) is 89.3 cm³/mol. The molecule has 1 aliphatic heterocycles. The highest BCUT2D eigenvalue weighted by Gasteiger charge is 2.51. The summed E-state index contributed by atoms with van der Waals surface area (Å²) in [6.07, 6.45) is 2.63. The zero-order valence-electron chi connectivity index (χ0n) is 13.3. The smallest absolute Gasteiger partial charge is 0.399 e. The van der Waals surface area contributed by atoms with E-state index in [1.165, 1.54) is 18.4 Å². The van der Waals surface area contributed by atoms with Gasteiger partial charge >= 0.3 is 7.12 Å². The number of hydrogen-bond donors (Lipinski definition) is 1. The van der Waals surface area contributed by atoms with E-state index in [1.807, 2.05) is 0 Å². The maximum Gasteiger partial charge on any atom is 0.494 e. The van der Waals surface area contributed by atoms with Gasteiger partial charge in [0.05, 0.1) is 11.2 Å². The molecule has 1 saturated carbocycles. The number of hydrogen-bond acceptors (Lipinski definition) is 3. The van der Waals surface area contributed by atoms with Crippen LogP contribution >= 0.6 is 12.4 Å². The lowest BCUT2D eigenvalue weighted by Crippen LogP contribution is -2.41. The first kappa shape index (κ1) is 16.8. The minimum atomic E-state index is -0.278. The van der Waals surface area contributed by atoms with Crippen LogP contribution in [0, 0.1) is 0 Å². The largest absolute Gasteiger partial charge is 0.494 e. The van der Waals surface area contributed by atoms with Crippen molar-refractivity contribution in [1.82, 2.24) is 5.32 Å². The van der Waals surface area contributed by atoms with Gasteiger partial charge in [-0.1, -0.05) is 24.3 Å². The quantitative estimate of drug-likeness (QED) is 0.868. The van der Waals surface area contributed by atoms with Gasteiger partial charge in [-0.25, -0.2) is 0 Å². The predicted octanol–water partition coefficient (Wildman–Crippen LogP) is 2.66. The summed E-state index contributed by atoms with van der Waals surface area (Å²) < 4.78 is 12.2. The lowest BCUT2D eigenvalue weighted by molar-refractivity contribution is 0.00578. The number of nitrogens with one attached hydrogen (secondary N) is 1. The van der Waals surface area contributed by atoms with Crippen molar-refractivity contribution in [3.8, 4) is 0 Å². The molecule has 21 heavy (non-hydrogen) atoms. The van der Waals surface area contributed by atoms with Crippen LogP contribution in [0.2, 0.25) is 0 Å². The second-order valence-electron chi connectivity index (χ2n) is 6.99. The molecule has 1 N–H and O–H groups in total. The van der Waals surface area contributed by atoms with E-state index < -0.39 is 0 Å². The van der Waals surface area contributed by atoms with Gasteiger partial charge in [-0.15, -0.1) is 12.4 Å². The number of benzene rings is 1. The molecule has 2 fully saturated rings. The van der Waals surface area contributed by atoms with Crippen molar-refractivity contribution >= 4 is 25.0 Å². The van der Waals surface area contributed by atoms with Crippen LogP contribution in [0.4, 0.5) is 0 Å². The first-order valence-electron chi connectivity index (χ1n) is 7.55. The molecule has 1 aromatic carbocycles. The molecule has 3 nitrogen and oxygen atoms in total. The molecular formula is C16H25BClNO2. The van der Waals surface area contributed by atoms with E-state index in [1.54, 1.807) is 0 Å². The van der Waals surface area contributed by atoms with Crippen LogP contribution in [-0.2, 0) is 15.9 Å². The van der Waals surface area contributed by atoms with Gasteiger partial charge in [-0.05, 0) is 51.6 Å². The van der Waals surface area contributed by atoms with Crippen LogP contribution in [0.5, 0.6) is 0 Å². The summed E-state index contributed by atoms with van der Waals surface area (Å²) in [6.45, 7) is 9.28. The SMILES string of the molecule is CC1(C)OB(c2cccc(CNC3CC3)c2)OC1(C)C.Cl. The molecule has 1 aliphatic carbocycles. The third-order valence-corrected chi connectivity index (χ3v) is 4.65. The van der Waals surface area contributed by atoms with Gasteiger partial charge < -0.3 is 14.6 Å². The Morgan fingerprint density at radius 1 is 1.14 bits per heavy atom. The number of halogens is 1. The minimum absolute atomic E-state index is 0. The van der Waals surface area contributed by atoms with Gasteiger partial charge in [0.25, 0.3) is 0 Å². The van der Waals surface area contributed by atoms with Gasteiger partial charge in [-0.2, -0.15) is 0 Å². The van der Waals surface area contributed by atoms with Crippen molar-refractivity contribution in [3.05, 3.63) is 29.8 Å². The minimum Gasteiger partial charge on any atom is -0.399 e. The van der Waals surface area contributed by atoms with E-state index in [0.717, 1.165) is 18.0 Å². The van der Waals surface area contributed by atoms with Crippen molar-refractivity contribution in [2.45, 2.75) is 64.3 Å². The maximum atomic E-state index is 6.10. The lowest BCUT2D eigenvalue weighted by Gasteiger charge is -2.32. The third-order valence-electron chi connectivity index (χ3n) is 4.65. The standard InChI is InChI=1S/C16H24BNO2.ClH/c1-15(2)16(3,4)20-17(19-15)13-7-5-6-12(10-13)11-18-14-8-9-14;/h5-7,10,14,18H,8-9,11H2,1-4H3;1H. The first-order valence-corrected chi connectivity index (χ1v) is 7.55. The second kappa shape index (κ2) is 5.92. The van der Waals surface area contributed by atoms with Crippen LogP contribution < -0.4 is 10.8 Å². The Morgan fingerprint density at radius 2 is 1.76 bits per heavy atom. The number of rotatable bonds is 4. The monoisotopic (exact) mass is 309 g/mol. The Kier molecular flexibility index (Phi) is 4.74. The topological polar surface area (TPSA) is 30.5 Å². The first-order chi connectivity index (χ1) is 9.37. The fourth-order valence-corrected chi connectivity index (χ4v) is 2.38. The summed E-state index contributed by atoms with van der Waals surface area (Å²) in [5.74, 6) is 0. The van der Waals surface area contributed by atoms with Crippen LogP contribution in [0.25, 0.3) is 0 Å². The molecule has 0 bridgehead atoms. The zero-order chi connectivity index (χ0) is 14.4. The normalized spacial score (nSPS) is 23.0. The fourth-order valence-electron chi connectivity index (χ4n) is 2.38. The molecule has 0 spiro atoms. The summed E-state index contributed by atoms with van der Waals surface area (Å²) in [4.78, 5) is 0.